The fourth-order valence-corrected chi connectivity index (χ4v) is 1.74. The summed E-state index contributed by atoms with van der Waals surface area (Å²) in [4.78, 5) is 0. The van der Waals surface area contributed by atoms with Crippen LogP contribution in [-0.2, 0) is 0 Å². The van der Waals surface area contributed by atoms with E-state index < -0.39 is 6.61 Å². The van der Waals surface area contributed by atoms with E-state index in [4.69, 9.17) is 5.21 Å². The highest BCUT2D eigenvalue weighted by Gasteiger charge is 2.04. The molecule has 0 heterocycles. The number of ether oxygens (including phenoxy) is 1. The van der Waals surface area contributed by atoms with Crippen LogP contribution in [0.5, 0.6) is 5.75 Å². The minimum absolute atomic E-state index is 0.112. The average molecular weight is 292 g/mol. The van der Waals surface area contributed by atoms with Crippen molar-refractivity contribution in [3.63, 3.8) is 0 Å². The van der Waals surface area contributed by atoms with Crippen LogP contribution in [0.25, 0.3) is 0 Å². The van der Waals surface area contributed by atoms with Crippen LogP contribution in [0, 0.1) is 0 Å². The Kier molecular flexibility index (Phi) is 4.71. The molecule has 2 aromatic carbocycles. The molecule has 21 heavy (non-hydrogen) atoms. The third-order valence-corrected chi connectivity index (χ3v) is 2.82. The molecule has 4 nitrogen and oxygen atoms in total. The van der Waals surface area contributed by atoms with Gasteiger partial charge in [0.05, 0.1) is 5.71 Å². The van der Waals surface area contributed by atoms with Crippen molar-refractivity contribution in [1.29, 1.82) is 0 Å². The predicted octanol–water partition coefficient (Wildman–Crippen LogP) is 4.23. The monoisotopic (exact) mass is 292 g/mol. The summed E-state index contributed by atoms with van der Waals surface area (Å²) in [6, 6.07) is 13.5. The predicted molar refractivity (Wildman–Crippen MR) is 76.8 cm³/mol. The molecule has 2 N–H and O–H groups in total. The van der Waals surface area contributed by atoms with E-state index in [2.05, 4.69) is 15.2 Å². The highest BCUT2D eigenvalue weighted by molar-refractivity contribution is 5.98. The minimum Gasteiger partial charge on any atom is -0.435 e. The Balaban J connectivity index is 2.04. The number of hydrogen-bond acceptors (Lipinski definition) is 4. The number of rotatable bonds is 5. The van der Waals surface area contributed by atoms with Gasteiger partial charge in [-0.05, 0) is 48.9 Å². The van der Waals surface area contributed by atoms with Crippen LogP contribution < -0.4 is 10.1 Å². The summed E-state index contributed by atoms with van der Waals surface area (Å²) in [5, 5.41) is 14.9. The standard InChI is InChI=1S/C15H14F2N2O2/c1-10(19-20)11-2-4-12(5-3-11)18-13-6-8-14(9-7-13)21-15(16)17/h2-9,15,18,20H,1H3/b19-10+. The molecule has 0 saturated carbocycles. The largest absolute Gasteiger partial charge is 0.435 e. The Hall–Kier alpha value is -2.63. The first-order valence-electron chi connectivity index (χ1n) is 6.19. The lowest BCUT2D eigenvalue weighted by Gasteiger charge is -2.09. The van der Waals surface area contributed by atoms with E-state index >= 15 is 0 Å². The van der Waals surface area contributed by atoms with Gasteiger partial charge in [0.1, 0.15) is 5.75 Å². The third kappa shape index (κ3) is 4.17. The van der Waals surface area contributed by atoms with Gasteiger partial charge in [-0.15, -0.1) is 0 Å². The van der Waals surface area contributed by atoms with Gasteiger partial charge in [0.15, 0.2) is 0 Å². The molecule has 0 saturated heterocycles. The maximum absolute atomic E-state index is 12.0. The molecule has 0 aliphatic rings. The molecule has 0 atom stereocenters. The first-order chi connectivity index (χ1) is 10.1. The number of anilines is 2. The summed E-state index contributed by atoms with van der Waals surface area (Å²) >= 11 is 0. The Morgan fingerprint density at radius 3 is 2.05 bits per heavy atom. The lowest BCUT2D eigenvalue weighted by molar-refractivity contribution is -0.0498. The number of nitrogens with one attached hydrogen (secondary N) is 1. The zero-order valence-corrected chi connectivity index (χ0v) is 11.3. The van der Waals surface area contributed by atoms with E-state index in [-0.39, 0.29) is 5.75 Å². The van der Waals surface area contributed by atoms with Gasteiger partial charge in [0, 0.05) is 11.4 Å². The molecular formula is C15H14F2N2O2. The summed E-state index contributed by atoms with van der Waals surface area (Å²) in [5.74, 6) is 0.112. The lowest BCUT2D eigenvalue weighted by Crippen LogP contribution is -2.01. The number of oxime groups is 1. The van der Waals surface area contributed by atoms with Crippen LogP contribution in [0.4, 0.5) is 20.2 Å². The molecule has 2 aromatic rings. The fourth-order valence-electron chi connectivity index (χ4n) is 1.74. The van der Waals surface area contributed by atoms with Crippen LogP contribution in [-0.4, -0.2) is 17.5 Å². The van der Waals surface area contributed by atoms with Crippen LogP contribution in [0.1, 0.15) is 12.5 Å². The third-order valence-electron chi connectivity index (χ3n) is 2.82. The number of benzene rings is 2. The molecule has 0 amide bonds. The van der Waals surface area contributed by atoms with Crippen LogP contribution in [0.15, 0.2) is 53.7 Å². The van der Waals surface area contributed by atoms with Crippen LogP contribution >= 0.6 is 0 Å². The molecule has 0 spiro atoms. The van der Waals surface area contributed by atoms with Gasteiger partial charge in [0.25, 0.3) is 0 Å². The van der Waals surface area contributed by atoms with E-state index in [0.717, 1.165) is 16.9 Å². The number of alkyl halides is 2. The summed E-state index contributed by atoms with van der Waals surface area (Å²) < 4.78 is 28.3. The second kappa shape index (κ2) is 6.69. The summed E-state index contributed by atoms with van der Waals surface area (Å²) in [5.41, 5.74) is 2.91. The topological polar surface area (TPSA) is 53.9 Å². The SMILES string of the molecule is C/C(=N\O)c1ccc(Nc2ccc(OC(F)F)cc2)cc1. The summed E-state index contributed by atoms with van der Waals surface area (Å²) in [7, 11) is 0. The van der Waals surface area contributed by atoms with E-state index in [9.17, 15) is 8.78 Å². The van der Waals surface area contributed by atoms with Crippen molar-refractivity contribution < 1.29 is 18.7 Å². The van der Waals surface area contributed by atoms with Gasteiger partial charge < -0.3 is 15.3 Å². The molecule has 0 aliphatic carbocycles. The Bertz CT molecular complexity index is 611. The maximum Gasteiger partial charge on any atom is 0.387 e. The van der Waals surface area contributed by atoms with Crippen molar-refractivity contribution in [3.05, 3.63) is 54.1 Å². The van der Waals surface area contributed by atoms with Crippen molar-refractivity contribution in [2.24, 2.45) is 5.16 Å². The highest BCUT2D eigenvalue weighted by atomic mass is 19.3. The van der Waals surface area contributed by atoms with Crippen molar-refractivity contribution in [2.45, 2.75) is 13.5 Å². The average Bonchev–Trinajstić information content (AvgIpc) is 2.49. The Labute approximate surface area is 120 Å². The van der Waals surface area contributed by atoms with Crippen molar-refractivity contribution in [3.8, 4) is 5.75 Å². The maximum atomic E-state index is 12.0. The molecule has 0 aromatic heterocycles. The molecule has 0 fully saturated rings. The van der Waals surface area contributed by atoms with Crippen molar-refractivity contribution in [1.82, 2.24) is 0 Å². The summed E-state index contributed by atoms with van der Waals surface area (Å²) in [6.45, 7) is -1.13. The zero-order valence-electron chi connectivity index (χ0n) is 11.3. The smallest absolute Gasteiger partial charge is 0.387 e. The lowest BCUT2D eigenvalue weighted by atomic mass is 10.1. The molecular weight excluding hydrogens is 278 g/mol. The van der Waals surface area contributed by atoms with E-state index in [0.29, 0.717) is 5.71 Å². The normalized spacial score (nSPS) is 11.5. The van der Waals surface area contributed by atoms with Gasteiger partial charge in [-0.25, -0.2) is 0 Å². The molecule has 0 aliphatic heterocycles. The highest BCUT2D eigenvalue weighted by Crippen LogP contribution is 2.21. The zero-order chi connectivity index (χ0) is 15.2. The van der Waals surface area contributed by atoms with Crippen LogP contribution in [0.3, 0.4) is 0 Å². The first-order valence-corrected chi connectivity index (χ1v) is 6.19. The van der Waals surface area contributed by atoms with Gasteiger partial charge >= 0.3 is 6.61 Å². The second-order valence-corrected chi connectivity index (χ2v) is 4.29. The van der Waals surface area contributed by atoms with E-state index in [1.807, 2.05) is 24.3 Å². The Morgan fingerprint density at radius 2 is 1.57 bits per heavy atom. The van der Waals surface area contributed by atoms with Gasteiger partial charge in [-0.1, -0.05) is 17.3 Å². The van der Waals surface area contributed by atoms with Crippen molar-refractivity contribution >= 4 is 17.1 Å². The molecule has 0 unspecified atom stereocenters. The van der Waals surface area contributed by atoms with Gasteiger partial charge in [-0.2, -0.15) is 8.78 Å². The second-order valence-electron chi connectivity index (χ2n) is 4.29. The minimum atomic E-state index is -2.83. The number of halogens is 2. The molecule has 6 heteroatoms. The molecule has 0 bridgehead atoms. The summed E-state index contributed by atoms with van der Waals surface area (Å²) in [6.07, 6.45) is 0. The molecule has 110 valence electrons. The van der Waals surface area contributed by atoms with E-state index in [1.54, 1.807) is 19.1 Å². The van der Waals surface area contributed by atoms with E-state index in [1.165, 1.54) is 12.1 Å². The van der Waals surface area contributed by atoms with Gasteiger partial charge in [0.2, 0.25) is 0 Å². The molecule has 0 radical (unpaired) electrons. The van der Waals surface area contributed by atoms with Crippen molar-refractivity contribution in [2.75, 3.05) is 5.32 Å². The first kappa shape index (κ1) is 14.8. The van der Waals surface area contributed by atoms with Gasteiger partial charge in [-0.3, -0.25) is 0 Å². The van der Waals surface area contributed by atoms with Crippen LogP contribution in [0.2, 0.25) is 0 Å². The molecule has 2 rings (SSSR count). The quantitative estimate of drug-likeness (QED) is 0.492. The fraction of sp³-hybridized carbons (Fsp3) is 0.133. The Morgan fingerprint density at radius 1 is 1.05 bits per heavy atom. The number of hydrogen-bond donors (Lipinski definition) is 2. The number of nitrogens with zero attached hydrogens (tertiary/aromatic N) is 1.